The molecule has 0 aliphatic carbocycles. The Morgan fingerprint density at radius 3 is 1.75 bits per heavy atom. The topological polar surface area (TPSA) is 51.8 Å². The lowest BCUT2D eigenvalue weighted by Crippen LogP contribution is -1.96. The van der Waals surface area contributed by atoms with Crippen LogP contribution in [-0.4, -0.2) is 15.0 Å². The Morgan fingerprint density at radius 1 is 0.393 bits per heavy atom. The van der Waals surface area contributed by atoms with Crippen molar-refractivity contribution in [2.24, 2.45) is 0 Å². The summed E-state index contributed by atoms with van der Waals surface area (Å²) in [5, 5.41) is 4.85. The first kappa shape index (κ1) is 32.2. The van der Waals surface area contributed by atoms with E-state index in [-0.39, 0.29) is 0 Å². The van der Waals surface area contributed by atoms with Crippen LogP contribution in [0.4, 0.5) is 0 Å². The van der Waals surface area contributed by atoms with Gasteiger partial charge in [0.2, 0.25) is 0 Å². The zero-order chi connectivity index (χ0) is 37.0. The van der Waals surface area contributed by atoms with Crippen LogP contribution >= 0.6 is 11.3 Å². The van der Waals surface area contributed by atoms with Crippen LogP contribution in [0.2, 0.25) is 0 Å². The third kappa shape index (κ3) is 5.56. The van der Waals surface area contributed by atoms with Crippen molar-refractivity contribution >= 4 is 53.4 Å². The van der Waals surface area contributed by atoms with Gasteiger partial charge in [-0.05, 0) is 59.2 Å². The van der Waals surface area contributed by atoms with Gasteiger partial charge in [0.25, 0.3) is 0 Å². The second-order valence-corrected chi connectivity index (χ2v) is 15.1. The van der Waals surface area contributed by atoms with E-state index >= 15 is 0 Å². The van der Waals surface area contributed by atoms with E-state index in [1.54, 1.807) is 0 Å². The maximum absolute atomic E-state index is 6.69. The highest BCUT2D eigenvalue weighted by Gasteiger charge is 2.19. The van der Waals surface area contributed by atoms with E-state index in [2.05, 4.69) is 145 Å². The molecule has 4 heterocycles. The molecule has 0 spiro atoms. The van der Waals surface area contributed by atoms with E-state index in [4.69, 9.17) is 14.4 Å². The fourth-order valence-corrected chi connectivity index (χ4v) is 8.96. The molecule has 0 aliphatic rings. The first-order chi connectivity index (χ1) is 27.7. The zero-order valence-electron chi connectivity index (χ0n) is 30.1. The number of aromatic nitrogens is 3. The molecule has 0 saturated carbocycles. The molecule has 11 rings (SSSR count). The van der Waals surface area contributed by atoms with Crippen LogP contribution in [0.15, 0.2) is 193 Å². The van der Waals surface area contributed by atoms with E-state index in [1.165, 1.54) is 31.3 Å². The second-order valence-electron chi connectivity index (χ2n) is 14.0. The Bertz CT molecular complexity index is 3220. The van der Waals surface area contributed by atoms with E-state index in [1.807, 2.05) is 60.0 Å². The Balaban J connectivity index is 0.998. The van der Waals surface area contributed by atoms with Gasteiger partial charge in [-0.1, -0.05) is 140 Å². The highest BCUT2D eigenvalue weighted by molar-refractivity contribution is 7.25. The lowest BCUT2D eigenvalue weighted by atomic mass is 9.94. The minimum atomic E-state index is 0.685. The fourth-order valence-electron chi connectivity index (χ4n) is 7.81. The largest absolute Gasteiger partial charge is 0.455 e. The molecule has 4 nitrogen and oxygen atoms in total. The van der Waals surface area contributed by atoms with E-state index in [0.717, 1.165) is 72.4 Å². The number of rotatable bonds is 6. The van der Waals surface area contributed by atoms with Gasteiger partial charge in [-0.15, -0.1) is 11.3 Å². The van der Waals surface area contributed by atoms with Crippen molar-refractivity contribution in [3.8, 4) is 67.4 Å². The minimum absolute atomic E-state index is 0.685. The molecule has 5 heteroatoms. The fraction of sp³-hybridized carbons (Fsp3) is 0. The van der Waals surface area contributed by atoms with Crippen molar-refractivity contribution in [1.82, 2.24) is 15.0 Å². The number of para-hydroxylation sites is 1. The van der Waals surface area contributed by atoms with Crippen molar-refractivity contribution in [2.45, 2.75) is 0 Å². The molecule has 0 amide bonds. The van der Waals surface area contributed by atoms with Crippen LogP contribution in [0.5, 0.6) is 0 Å². The predicted octanol–water partition coefficient (Wildman–Crippen LogP) is 14.1. The molecule has 4 aromatic heterocycles. The van der Waals surface area contributed by atoms with Crippen molar-refractivity contribution in [3.05, 3.63) is 188 Å². The Kier molecular flexibility index (Phi) is 7.64. The highest BCUT2D eigenvalue weighted by atomic mass is 32.1. The summed E-state index contributed by atoms with van der Waals surface area (Å²) in [6, 6.07) is 63.6. The average molecular weight is 734 g/mol. The monoisotopic (exact) mass is 733 g/mol. The van der Waals surface area contributed by atoms with Crippen molar-refractivity contribution in [2.75, 3.05) is 0 Å². The number of hydrogen-bond donors (Lipinski definition) is 0. The summed E-state index contributed by atoms with van der Waals surface area (Å²) in [7, 11) is 0. The average Bonchev–Trinajstić information content (AvgIpc) is 3.85. The number of pyridine rings is 1. The molecule has 0 radical (unpaired) electrons. The molecule has 0 bridgehead atoms. The van der Waals surface area contributed by atoms with Gasteiger partial charge in [0.05, 0.1) is 17.1 Å². The van der Waals surface area contributed by atoms with Gasteiger partial charge in [0, 0.05) is 65.0 Å². The number of nitrogens with zero attached hydrogens (tertiary/aromatic N) is 3. The maximum atomic E-state index is 6.69. The summed E-state index contributed by atoms with van der Waals surface area (Å²) < 4.78 is 9.29. The number of hydrogen-bond acceptors (Lipinski definition) is 5. The Morgan fingerprint density at radius 2 is 1.00 bits per heavy atom. The van der Waals surface area contributed by atoms with Crippen LogP contribution < -0.4 is 0 Å². The lowest BCUT2D eigenvalue weighted by molar-refractivity contribution is 0.670. The normalized spacial score (nSPS) is 11.6. The maximum Gasteiger partial charge on any atom is 0.160 e. The zero-order valence-corrected chi connectivity index (χ0v) is 30.9. The third-order valence-electron chi connectivity index (χ3n) is 10.6. The third-order valence-corrected chi connectivity index (χ3v) is 11.7. The highest BCUT2D eigenvalue weighted by Crippen LogP contribution is 2.44. The lowest BCUT2D eigenvalue weighted by Gasteiger charge is -2.11. The molecule has 56 heavy (non-hydrogen) atoms. The second kappa shape index (κ2) is 13.3. The molecule has 0 fully saturated rings. The van der Waals surface area contributed by atoms with Gasteiger partial charge >= 0.3 is 0 Å². The quantitative estimate of drug-likeness (QED) is 0.171. The van der Waals surface area contributed by atoms with Crippen LogP contribution in [0, 0.1) is 0 Å². The molecule has 11 aromatic rings. The summed E-state index contributed by atoms with van der Waals surface area (Å²) >= 11 is 1.84. The molecule has 7 aromatic carbocycles. The van der Waals surface area contributed by atoms with Crippen molar-refractivity contribution in [1.29, 1.82) is 0 Å². The number of thiophene rings is 1. The van der Waals surface area contributed by atoms with Crippen LogP contribution in [-0.2, 0) is 0 Å². The molecular formula is C51H31N3OS. The van der Waals surface area contributed by atoms with Gasteiger partial charge in [-0.25, -0.2) is 9.97 Å². The Hall–Kier alpha value is -7.21. The summed E-state index contributed by atoms with van der Waals surface area (Å²) in [4.78, 5) is 14.7. The first-order valence-electron chi connectivity index (χ1n) is 18.7. The smallest absolute Gasteiger partial charge is 0.160 e. The van der Waals surface area contributed by atoms with E-state index in [0.29, 0.717) is 5.82 Å². The minimum Gasteiger partial charge on any atom is -0.455 e. The first-order valence-corrected chi connectivity index (χ1v) is 19.5. The Labute approximate surface area is 327 Å². The van der Waals surface area contributed by atoms with Crippen LogP contribution in [0.25, 0.3) is 110 Å². The summed E-state index contributed by atoms with van der Waals surface area (Å²) in [6.07, 6.45) is 1.82. The predicted molar refractivity (Wildman–Crippen MR) is 233 cm³/mol. The summed E-state index contributed by atoms with van der Waals surface area (Å²) in [5.41, 5.74) is 13.0. The van der Waals surface area contributed by atoms with E-state index in [9.17, 15) is 0 Å². The number of fused-ring (bicyclic) bond motifs is 6. The molecule has 0 atom stereocenters. The van der Waals surface area contributed by atoms with Crippen molar-refractivity contribution < 1.29 is 4.42 Å². The van der Waals surface area contributed by atoms with Gasteiger partial charge in [-0.2, -0.15) is 0 Å². The summed E-state index contributed by atoms with van der Waals surface area (Å²) in [5.74, 6) is 0.685. The number of furan rings is 1. The number of benzene rings is 7. The van der Waals surface area contributed by atoms with Crippen molar-refractivity contribution in [3.63, 3.8) is 0 Å². The standard InChI is InChI=1S/C51H31N3OS/c1-2-10-36(11-3-1)51-53-44(31-45(54-51)35-23-21-33(22-24-35)43-14-8-9-29-52-43)34-19-17-32(18-20-34)39-28-27-38(49-42-13-4-6-15-46(42)55-50(39)49)37-25-26-41-40-12-5-7-16-47(40)56-48(41)30-37/h1-31H. The molecule has 0 unspecified atom stereocenters. The molecule has 0 N–H and O–H groups in total. The SMILES string of the molecule is c1ccc(-c2nc(-c3ccc(-c4ccccn4)cc3)cc(-c3ccc(-c4ccc(-c5ccc6c(c5)sc5ccccc56)c5c4oc4ccccc45)cc3)n2)cc1. The molecular weight excluding hydrogens is 703 g/mol. The van der Waals surface area contributed by atoms with Gasteiger partial charge < -0.3 is 4.42 Å². The van der Waals surface area contributed by atoms with Crippen LogP contribution in [0.3, 0.4) is 0 Å². The van der Waals surface area contributed by atoms with Gasteiger partial charge in [-0.3, -0.25) is 4.98 Å². The molecule has 262 valence electrons. The van der Waals surface area contributed by atoms with Gasteiger partial charge in [0.15, 0.2) is 5.82 Å². The van der Waals surface area contributed by atoms with Gasteiger partial charge in [0.1, 0.15) is 11.2 Å². The summed E-state index contributed by atoms with van der Waals surface area (Å²) in [6.45, 7) is 0. The van der Waals surface area contributed by atoms with Crippen LogP contribution in [0.1, 0.15) is 0 Å². The molecule has 0 saturated heterocycles. The molecule has 0 aliphatic heterocycles. The van der Waals surface area contributed by atoms with E-state index < -0.39 is 0 Å².